The molecule has 0 spiro atoms. The maximum Gasteiger partial charge on any atom is 0.215 e. The highest BCUT2D eigenvalue weighted by Crippen LogP contribution is 2.21. The summed E-state index contributed by atoms with van der Waals surface area (Å²) in [5.41, 5.74) is 0.251. The lowest BCUT2D eigenvalue weighted by Crippen LogP contribution is -2.13. The van der Waals surface area contributed by atoms with Crippen LogP contribution < -0.4 is 0 Å². The summed E-state index contributed by atoms with van der Waals surface area (Å²) in [6.07, 6.45) is 2.22. The predicted molar refractivity (Wildman–Crippen MR) is 67.4 cm³/mol. The molecule has 2 rings (SSSR count). The number of hydrogen-bond donors (Lipinski definition) is 0. The molecule has 3 nitrogen and oxygen atoms in total. The Hall–Kier alpha value is -1.68. The van der Waals surface area contributed by atoms with Crippen molar-refractivity contribution in [3.05, 3.63) is 52.6 Å². The number of benzene rings is 1. The molecule has 0 bridgehead atoms. The molecule has 0 aliphatic heterocycles. The summed E-state index contributed by atoms with van der Waals surface area (Å²) in [7, 11) is 0. The summed E-state index contributed by atoms with van der Waals surface area (Å²) >= 11 is 5.95. The van der Waals surface area contributed by atoms with Crippen molar-refractivity contribution in [1.82, 2.24) is 9.78 Å². The van der Waals surface area contributed by atoms with E-state index in [9.17, 15) is 9.18 Å². The average molecular weight is 267 g/mol. The van der Waals surface area contributed by atoms with Crippen molar-refractivity contribution in [2.24, 2.45) is 0 Å². The van der Waals surface area contributed by atoms with Crippen LogP contribution in [0.15, 0.2) is 30.5 Å². The topological polar surface area (TPSA) is 34.9 Å². The first-order chi connectivity index (χ1) is 8.65. The Kier molecular flexibility index (Phi) is 3.77. The Bertz CT molecular complexity index is 580. The zero-order valence-electron chi connectivity index (χ0n) is 9.86. The molecule has 0 fully saturated rings. The molecule has 0 N–H and O–H groups in total. The Balaban J connectivity index is 2.46. The second kappa shape index (κ2) is 5.31. The minimum absolute atomic E-state index is 0.0113. The fourth-order valence-corrected chi connectivity index (χ4v) is 1.97. The van der Waals surface area contributed by atoms with Crippen LogP contribution in [0.2, 0.25) is 5.02 Å². The first kappa shape index (κ1) is 12.8. The van der Waals surface area contributed by atoms with Gasteiger partial charge in [-0.1, -0.05) is 30.7 Å². The van der Waals surface area contributed by atoms with Crippen LogP contribution >= 0.6 is 11.6 Å². The fraction of sp³-hybridized carbons (Fsp3) is 0.231. The molecule has 0 unspecified atom stereocenters. The van der Waals surface area contributed by atoms with Crippen LogP contribution in [-0.2, 0) is 6.54 Å². The lowest BCUT2D eigenvalue weighted by atomic mass is 10.1. The predicted octanol–water partition coefficient (Wildman–Crippen LogP) is 3.32. The highest BCUT2D eigenvalue weighted by Gasteiger charge is 2.21. The van der Waals surface area contributed by atoms with E-state index < -0.39 is 11.6 Å². The third-order valence-electron chi connectivity index (χ3n) is 2.56. The number of carbonyl (C=O) groups is 1. The molecule has 0 amide bonds. The second-order valence-corrected chi connectivity index (χ2v) is 4.28. The van der Waals surface area contributed by atoms with Crippen LogP contribution in [0, 0.1) is 5.82 Å². The Morgan fingerprint density at radius 3 is 2.83 bits per heavy atom. The monoisotopic (exact) mass is 266 g/mol. The summed E-state index contributed by atoms with van der Waals surface area (Å²) in [4.78, 5) is 12.3. The Morgan fingerprint density at radius 2 is 2.17 bits per heavy atom. The van der Waals surface area contributed by atoms with Gasteiger partial charge in [0.25, 0.3) is 0 Å². The van der Waals surface area contributed by atoms with Gasteiger partial charge in [-0.3, -0.25) is 9.48 Å². The Labute approximate surface area is 109 Å². The third kappa shape index (κ3) is 2.29. The molecule has 5 heteroatoms. The molecule has 1 heterocycles. The number of carbonyl (C=O) groups excluding carboxylic acids is 1. The highest BCUT2D eigenvalue weighted by molar-refractivity contribution is 6.34. The molecular formula is C13H12ClFN2O. The van der Waals surface area contributed by atoms with Crippen molar-refractivity contribution in [2.75, 3.05) is 0 Å². The lowest BCUT2D eigenvalue weighted by molar-refractivity contribution is 0.102. The van der Waals surface area contributed by atoms with Crippen molar-refractivity contribution in [3.63, 3.8) is 0 Å². The van der Waals surface area contributed by atoms with E-state index in [0.717, 1.165) is 6.42 Å². The van der Waals surface area contributed by atoms with Gasteiger partial charge in [-0.2, -0.15) is 5.10 Å². The number of aromatic nitrogens is 2. The molecule has 0 saturated heterocycles. The molecule has 0 saturated carbocycles. The summed E-state index contributed by atoms with van der Waals surface area (Å²) in [5, 5.41) is 4.27. The number of hydrogen-bond acceptors (Lipinski definition) is 2. The molecule has 18 heavy (non-hydrogen) atoms. The maximum atomic E-state index is 13.6. The van der Waals surface area contributed by atoms with Gasteiger partial charge in [0.05, 0.1) is 16.8 Å². The molecular weight excluding hydrogens is 255 g/mol. The van der Waals surface area contributed by atoms with Gasteiger partial charge in [-0.15, -0.1) is 0 Å². The van der Waals surface area contributed by atoms with Gasteiger partial charge < -0.3 is 0 Å². The molecule has 94 valence electrons. The van der Waals surface area contributed by atoms with E-state index in [1.165, 1.54) is 29.1 Å². The first-order valence-electron chi connectivity index (χ1n) is 5.65. The molecule has 2 aromatic rings. The Morgan fingerprint density at radius 1 is 1.44 bits per heavy atom. The third-order valence-corrected chi connectivity index (χ3v) is 2.84. The second-order valence-electron chi connectivity index (χ2n) is 3.87. The van der Waals surface area contributed by atoms with Crippen LogP contribution in [0.25, 0.3) is 0 Å². The standard InChI is InChI=1S/C13H12ClFN2O/c1-2-7-17-12(10(14)8-16-17)13(18)9-5-3-4-6-11(9)15/h3-6,8H,2,7H2,1H3. The summed E-state index contributed by atoms with van der Waals surface area (Å²) in [6, 6.07) is 5.85. The molecule has 0 aliphatic carbocycles. The van der Waals surface area contributed by atoms with E-state index in [2.05, 4.69) is 5.10 Å². The van der Waals surface area contributed by atoms with Crippen LogP contribution in [-0.4, -0.2) is 15.6 Å². The van der Waals surface area contributed by atoms with Gasteiger partial charge in [-0.25, -0.2) is 4.39 Å². The highest BCUT2D eigenvalue weighted by atomic mass is 35.5. The normalized spacial score (nSPS) is 10.6. The van der Waals surface area contributed by atoms with Crippen LogP contribution in [0.5, 0.6) is 0 Å². The van der Waals surface area contributed by atoms with Gasteiger partial charge in [0.2, 0.25) is 5.78 Å². The molecule has 1 aromatic heterocycles. The maximum absolute atomic E-state index is 13.6. The van der Waals surface area contributed by atoms with Gasteiger partial charge >= 0.3 is 0 Å². The molecule has 0 aliphatic rings. The van der Waals surface area contributed by atoms with E-state index in [1.54, 1.807) is 6.07 Å². The molecule has 0 radical (unpaired) electrons. The van der Waals surface area contributed by atoms with Crippen LogP contribution in [0.4, 0.5) is 4.39 Å². The van der Waals surface area contributed by atoms with Crippen molar-refractivity contribution in [3.8, 4) is 0 Å². The smallest absolute Gasteiger partial charge is 0.215 e. The molecule has 0 atom stereocenters. The zero-order valence-corrected chi connectivity index (χ0v) is 10.6. The van der Waals surface area contributed by atoms with Crippen molar-refractivity contribution >= 4 is 17.4 Å². The van der Waals surface area contributed by atoms with Crippen molar-refractivity contribution in [1.29, 1.82) is 0 Å². The SMILES string of the molecule is CCCn1ncc(Cl)c1C(=O)c1ccccc1F. The van der Waals surface area contributed by atoms with E-state index in [-0.39, 0.29) is 16.3 Å². The van der Waals surface area contributed by atoms with E-state index >= 15 is 0 Å². The minimum Gasteiger partial charge on any atom is -0.287 e. The quantitative estimate of drug-likeness (QED) is 0.796. The van der Waals surface area contributed by atoms with E-state index in [1.807, 2.05) is 6.92 Å². The molecule has 1 aromatic carbocycles. The van der Waals surface area contributed by atoms with Gasteiger partial charge in [-0.05, 0) is 18.6 Å². The van der Waals surface area contributed by atoms with Crippen LogP contribution in [0.1, 0.15) is 29.4 Å². The van der Waals surface area contributed by atoms with E-state index in [0.29, 0.717) is 6.54 Å². The number of ketones is 1. The number of halogens is 2. The van der Waals surface area contributed by atoms with Gasteiger partial charge in [0, 0.05) is 6.54 Å². The summed E-state index contributed by atoms with van der Waals surface area (Å²) in [6.45, 7) is 2.54. The average Bonchev–Trinajstić information content (AvgIpc) is 2.71. The number of rotatable bonds is 4. The zero-order chi connectivity index (χ0) is 13.1. The van der Waals surface area contributed by atoms with Crippen LogP contribution in [0.3, 0.4) is 0 Å². The fourth-order valence-electron chi connectivity index (χ4n) is 1.74. The van der Waals surface area contributed by atoms with Crippen molar-refractivity contribution in [2.45, 2.75) is 19.9 Å². The van der Waals surface area contributed by atoms with Gasteiger partial charge in [0.15, 0.2) is 0 Å². The lowest BCUT2D eigenvalue weighted by Gasteiger charge is -2.06. The number of nitrogens with zero attached hydrogens (tertiary/aromatic N) is 2. The number of aryl methyl sites for hydroxylation is 1. The largest absolute Gasteiger partial charge is 0.287 e. The van der Waals surface area contributed by atoms with E-state index in [4.69, 9.17) is 11.6 Å². The van der Waals surface area contributed by atoms with Gasteiger partial charge in [0.1, 0.15) is 11.5 Å². The van der Waals surface area contributed by atoms with Crippen molar-refractivity contribution < 1.29 is 9.18 Å². The minimum atomic E-state index is -0.553. The first-order valence-corrected chi connectivity index (χ1v) is 6.03. The summed E-state index contributed by atoms with van der Waals surface area (Å²) in [5.74, 6) is -0.994. The summed E-state index contributed by atoms with van der Waals surface area (Å²) < 4.78 is 15.1.